The number of carbonyl (C=O) groups is 1. The van der Waals surface area contributed by atoms with Gasteiger partial charge in [-0.25, -0.2) is 4.39 Å². The Bertz CT molecular complexity index is 1190. The van der Waals surface area contributed by atoms with Gasteiger partial charge in [-0.05, 0) is 41.5 Å². The zero-order valence-corrected chi connectivity index (χ0v) is 20.0. The zero-order valence-electron chi connectivity index (χ0n) is 20.0. The van der Waals surface area contributed by atoms with E-state index in [2.05, 4.69) is 22.3 Å². The molecule has 0 aliphatic carbocycles. The normalized spacial score (nSPS) is 22.2. The molecule has 6 nitrogen and oxygen atoms in total. The summed E-state index contributed by atoms with van der Waals surface area (Å²) in [7, 11) is 1.64. The summed E-state index contributed by atoms with van der Waals surface area (Å²) in [5.74, 6) is 0.376. The van der Waals surface area contributed by atoms with Crippen molar-refractivity contribution in [3.63, 3.8) is 0 Å². The molecule has 5 rings (SSSR count). The van der Waals surface area contributed by atoms with Gasteiger partial charge in [0.1, 0.15) is 11.6 Å². The molecule has 2 heterocycles. The van der Waals surface area contributed by atoms with Crippen LogP contribution in [-0.4, -0.2) is 42.7 Å². The van der Waals surface area contributed by atoms with Crippen LogP contribution in [0.5, 0.6) is 5.75 Å². The summed E-state index contributed by atoms with van der Waals surface area (Å²) in [6, 6.07) is 23.0. The molecule has 1 N–H and O–H groups in total. The molecular weight excluding hydrogens is 445 g/mol. The van der Waals surface area contributed by atoms with Crippen LogP contribution in [0.1, 0.15) is 23.6 Å². The molecule has 2 aliphatic heterocycles. The van der Waals surface area contributed by atoms with E-state index in [1.54, 1.807) is 19.2 Å². The van der Waals surface area contributed by atoms with Crippen LogP contribution in [0.4, 0.5) is 10.1 Å². The quantitative estimate of drug-likeness (QED) is 0.543. The third kappa shape index (κ3) is 4.67. The number of methoxy groups -OCH3 is 1. The van der Waals surface area contributed by atoms with E-state index in [9.17, 15) is 4.79 Å². The number of amides is 1. The van der Waals surface area contributed by atoms with E-state index < -0.39 is 5.54 Å². The van der Waals surface area contributed by atoms with Crippen LogP contribution in [0.3, 0.4) is 0 Å². The third-order valence-corrected chi connectivity index (χ3v) is 6.98. The largest absolute Gasteiger partial charge is 0.497 e. The number of fused-ring (bicyclic) bond motifs is 1. The third-order valence-electron chi connectivity index (χ3n) is 6.98. The maximum absolute atomic E-state index is 15.5. The van der Waals surface area contributed by atoms with E-state index in [4.69, 9.17) is 9.57 Å². The van der Waals surface area contributed by atoms with Crippen molar-refractivity contribution < 1.29 is 18.8 Å². The predicted molar refractivity (Wildman–Crippen MR) is 132 cm³/mol. The Hall–Kier alpha value is -3.26. The van der Waals surface area contributed by atoms with Gasteiger partial charge in [0.15, 0.2) is 0 Å². The lowest BCUT2D eigenvalue weighted by Crippen LogP contribution is -2.46. The second kappa shape index (κ2) is 9.77. The molecule has 2 aliphatic rings. The molecule has 0 saturated carbocycles. The predicted octanol–water partition coefficient (Wildman–Crippen LogP) is 4.57. The van der Waals surface area contributed by atoms with E-state index in [1.165, 1.54) is 18.6 Å². The smallest absolute Gasteiger partial charge is 0.221 e. The Balaban J connectivity index is 1.52. The Morgan fingerprint density at radius 3 is 2.54 bits per heavy atom. The lowest BCUT2D eigenvalue weighted by atomic mass is 9.80. The molecule has 7 heteroatoms. The van der Waals surface area contributed by atoms with Crippen LogP contribution in [0.25, 0.3) is 0 Å². The standard InChI is InChI=1S/C28H30FN3O3/c1-20(33)30-24-10-13-27(29)26(14-24)28-19-31(15-21-6-4-3-5-7-21)17-23(28)18-35-32(28)16-22-8-11-25(34-2)12-9-22/h3-14,23H,15-19H2,1-2H3,(H,30,33)/t23-,28-/m0/s1. The molecule has 0 radical (unpaired) electrons. The van der Waals surface area contributed by atoms with E-state index in [1.807, 2.05) is 47.5 Å². The minimum absolute atomic E-state index is 0.0755. The second-order valence-corrected chi connectivity index (χ2v) is 9.33. The number of nitrogens with zero attached hydrogens (tertiary/aromatic N) is 2. The van der Waals surface area contributed by atoms with Gasteiger partial charge in [0.2, 0.25) is 5.91 Å². The first-order valence-corrected chi connectivity index (χ1v) is 11.9. The fourth-order valence-electron chi connectivity index (χ4n) is 5.39. The lowest BCUT2D eigenvalue weighted by Gasteiger charge is -2.37. The second-order valence-electron chi connectivity index (χ2n) is 9.33. The highest BCUT2D eigenvalue weighted by atomic mass is 19.1. The van der Waals surface area contributed by atoms with Crippen LogP contribution in [0.15, 0.2) is 72.8 Å². The van der Waals surface area contributed by atoms with E-state index in [0.29, 0.717) is 30.9 Å². The molecule has 3 aromatic carbocycles. The number of benzene rings is 3. The number of rotatable bonds is 7. The Morgan fingerprint density at radius 2 is 1.83 bits per heavy atom. The van der Waals surface area contributed by atoms with Gasteiger partial charge in [0, 0.05) is 43.7 Å². The number of likely N-dealkylation sites (tertiary alicyclic amines) is 1. The maximum Gasteiger partial charge on any atom is 0.221 e. The van der Waals surface area contributed by atoms with E-state index >= 15 is 4.39 Å². The fourth-order valence-corrected chi connectivity index (χ4v) is 5.39. The van der Waals surface area contributed by atoms with Crippen LogP contribution in [0, 0.1) is 11.7 Å². The first-order valence-electron chi connectivity index (χ1n) is 11.9. The maximum atomic E-state index is 15.5. The first-order chi connectivity index (χ1) is 17.0. The summed E-state index contributed by atoms with van der Waals surface area (Å²) in [5, 5.41) is 4.75. The van der Waals surface area contributed by atoms with Crippen molar-refractivity contribution in [1.29, 1.82) is 0 Å². The highest BCUT2D eigenvalue weighted by Gasteiger charge is 2.57. The van der Waals surface area contributed by atoms with Gasteiger partial charge in [0.25, 0.3) is 0 Å². The fraction of sp³-hybridized carbons (Fsp3) is 0.321. The van der Waals surface area contributed by atoms with Gasteiger partial charge in [-0.15, -0.1) is 0 Å². The molecule has 0 aromatic heterocycles. The van der Waals surface area contributed by atoms with Crippen LogP contribution >= 0.6 is 0 Å². The minimum atomic E-state index is -0.687. The number of nitrogens with one attached hydrogen (secondary N) is 1. The summed E-state index contributed by atoms with van der Waals surface area (Å²) in [5.41, 5.74) is 2.71. The summed E-state index contributed by atoms with van der Waals surface area (Å²) < 4.78 is 20.8. The Kier molecular flexibility index (Phi) is 6.56. The first kappa shape index (κ1) is 23.5. The molecule has 2 saturated heterocycles. The van der Waals surface area contributed by atoms with Crippen molar-refractivity contribution in [1.82, 2.24) is 9.96 Å². The molecule has 2 atom stereocenters. The van der Waals surface area contributed by atoms with Crippen molar-refractivity contribution >= 4 is 11.6 Å². The highest BCUT2D eigenvalue weighted by Crippen LogP contribution is 2.49. The van der Waals surface area contributed by atoms with Crippen molar-refractivity contribution in [3.05, 3.63) is 95.3 Å². The summed E-state index contributed by atoms with van der Waals surface area (Å²) in [6.07, 6.45) is 0. The Morgan fingerprint density at radius 1 is 1.09 bits per heavy atom. The SMILES string of the molecule is COc1ccc(CN2OC[C@@H]3CN(Cc4ccccc4)C[C@@]32c2cc(NC(C)=O)ccc2F)cc1. The topological polar surface area (TPSA) is 54.0 Å². The number of hydrogen-bond acceptors (Lipinski definition) is 5. The number of carbonyl (C=O) groups excluding carboxylic acids is 1. The highest BCUT2D eigenvalue weighted by molar-refractivity contribution is 5.88. The Labute approximate surface area is 205 Å². The van der Waals surface area contributed by atoms with Gasteiger partial charge < -0.3 is 10.1 Å². The van der Waals surface area contributed by atoms with Gasteiger partial charge in [0.05, 0.1) is 25.8 Å². The number of anilines is 1. The van der Waals surface area contributed by atoms with Gasteiger partial charge in [-0.3, -0.25) is 14.5 Å². The molecule has 182 valence electrons. The molecule has 2 fully saturated rings. The van der Waals surface area contributed by atoms with Gasteiger partial charge in [-0.2, -0.15) is 5.06 Å². The molecule has 1 amide bonds. The van der Waals surface area contributed by atoms with Crippen molar-refractivity contribution in [2.75, 3.05) is 32.1 Å². The lowest BCUT2D eigenvalue weighted by molar-refractivity contribution is -0.178. The van der Waals surface area contributed by atoms with Crippen molar-refractivity contribution in [2.24, 2.45) is 5.92 Å². The monoisotopic (exact) mass is 475 g/mol. The molecular formula is C28H30FN3O3. The van der Waals surface area contributed by atoms with Crippen LogP contribution < -0.4 is 10.1 Å². The van der Waals surface area contributed by atoms with Crippen molar-refractivity contribution in [3.8, 4) is 5.75 Å². The zero-order chi connectivity index (χ0) is 24.4. The molecule has 0 bridgehead atoms. The average Bonchev–Trinajstić information content (AvgIpc) is 3.37. The van der Waals surface area contributed by atoms with Gasteiger partial charge >= 0.3 is 0 Å². The van der Waals surface area contributed by atoms with E-state index in [-0.39, 0.29) is 17.6 Å². The summed E-state index contributed by atoms with van der Waals surface area (Å²) in [4.78, 5) is 20.3. The van der Waals surface area contributed by atoms with Crippen molar-refractivity contribution in [2.45, 2.75) is 25.6 Å². The van der Waals surface area contributed by atoms with E-state index in [0.717, 1.165) is 24.4 Å². The molecule has 0 spiro atoms. The average molecular weight is 476 g/mol. The molecule has 35 heavy (non-hydrogen) atoms. The van der Waals surface area contributed by atoms with Crippen LogP contribution in [-0.2, 0) is 28.3 Å². The minimum Gasteiger partial charge on any atom is -0.497 e. The summed E-state index contributed by atoms with van der Waals surface area (Å²) >= 11 is 0. The molecule has 0 unspecified atom stereocenters. The summed E-state index contributed by atoms with van der Waals surface area (Å²) in [6.45, 7) is 4.65. The number of halogens is 1. The van der Waals surface area contributed by atoms with Crippen LogP contribution in [0.2, 0.25) is 0 Å². The number of hydroxylamine groups is 2. The number of hydrogen-bond donors (Lipinski definition) is 1. The number of ether oxygens (including phenoxy) is 1. The molecule has 3 aromatic rings. The van der Waals surface area contributed by atoms with Gasteiger partial charge in [-0.1, -0.05) is 42.5 Å².